The highest BCUT2D eigenvalue weighted by atomic mass is 16.2. The Bertz CT molecular complexity index is 2540. The first-order valence-electron chi connectivity index (χ1n) is 21.9. The molecule has 4 aliphatic heterocycles. The Kier molecular flexibility index (Phi) is 10.5. The van der Waals surface area contributed by atoms with Crippen LogP contribution in [0.25, 0.3) is 22.3 Å². The van der Waals surface area contributed by atoms with Gasteiger partial charge in [0.05, 0.1) is 22.5 Å². The minimum absolute atomic E-state index is 0.000421. The molecule has 4 heterocycles. The lowest BCUT2D eigenvalue weighted by molar-refractivity contribution is -0.121. The number of fused-ring (bicyclic) bond motifs is 2. The number of allylic oxidation sites excluding steroid dienone is 10. The summed E-state index contributed by atoms with van der Waals surface area (Å²) in [6.45, 7) is 26.5. The highest BCUT2D eigenvalue weighted by Crippen LogP contribution is 2.46. The number of hydrogen-bond acceptors (Lipinski definition) is 2. The molecule has 8 rings (SSSR count). The van der Waals surface area contributed by atoms with E-state index in [1.807, 2.05) is 24.6 Å². The molecule has 4 aliphatic rings. The van der Waals surface area contributed by atoms with E-state index in [-0.39, 0.29) is 33.5 Å². The molecule has 62 heavy (non-hydrogen) atoms. The van der Waals surface area contributed by atoms with Crippen LogP contribution in [0.4, 0.5) is 0 Å². The number of hydrogen-bond donors (Lipinski definition) is 0. The molecule has 0 fully saturated rings. The molecule has 4 nitrogen and oxygen atoms in total. The Morgan fingerprint density at radius 3 is 0.839 bits per heavy atom. The van der Waals surface area contributed by atoms with Gasteiger partial charge in [-0.25, -0.2) is 0 Å². The van der Waals surface area contributed by atoms with Gasteiger partial charge in [-0.3, -0.25) is 19.4 Å². The normalized spacial score (nSPS) is 18.3. The van der Waals surface area contributed by atoms with Gasteiger partial charge in [-0.2, -0.15) is 0 Å². The highest BCUT2D eigenvalue weighted by Gasteiger charge is 2.38. The van der Waals surface area contributed by atoms with Crippen molar-refractivity contribution in [2.45, 2.75) is 105 Å². The molecule has 0 atom stereocenters. The van der Waals surface area contributed by atoms with Gasteiger partial charge in [0.25, 0.3) is 11.8 Å². The number of carbonyl (C=O) groups is 2. The Morgan fingerprint density at radius 2 is 0.597 bits per heavy atom. The van der Waals surface area contributed by atoms with Crippen LogP contribution in [-0.4, -0.2) is 21.6 Å². The van der Waals surface area contributed by atoms with E-state index in [1.54, 1.807) is 9.80 Å². The molecule has 0 saturated heterocycles. The van der Waals surface area contributed by atoms with Gasteiger partial charge in [0.2, 0.25) is 0 Å². The second-order valence-electron chi connectivity index (χ2n) is 21.2. The van der Waals surface area contributed by atoms with Crippen LogP contribution in [-0.2, 0) is 31.2 Å². The van der Waals surface area contributed by atoms with Crippen LogP contribution < -0.4 is 0 Å². The van der Waals surface area contributed by atoms with Crippen LogP contribution in [0.3, 0.4) is 0 Å². The lowest BCUT2D eigenvalue weighted by atomic mass is 9.84. The average Bonchev–Trinajstić information content (AvgIpc) is 3.68. The predicted octanol–water partition coefficient (Wildman–Crippen LogP) is 13.8. The maximum atomic E-state index is 14.4. The van der Waals surface area contributed by atoms with Crippen molar-refractivity contribution in [3.05, 3.63) is 213 Å². The van der Waals surface area contributed by atoms with E-state index in [2.05, 4.69) is 204 Å². The third-order valence-electron chi connectivity index (χ3n) is 12.5. The molecular formula is C58H60N2O2. The summed E-state index contributed by atoms with van der Waals surface area (Å²) in [7, 11) is 0. The van der Waals surface area contributed by atoms with Crippen LogP contribution in [0.2, 0.25) is 0 Å². The molecule has 4 aromatic rings. The molecule has 314 valence electrons. The number of benzene rings is 4. The van der Waals surface area contributed by atoms with Crippen molar-refractivity contribution in [1.29, 1.82) is 0 Å². The number of carbonyl (C=O) groups excluding carboxylic acids is 2. The average molecular weight is 817 g/mol. The van der Waals surface area contributed by atoms with Crippen molar-refractivity contribution in [3.8, 4) is 0 Å². The molecule has 2 amide bonds. The van der Waals surface area contributed by atoms with Crippen LogP contribution in [0.1, 0.15) is 128 Å². The third-order valence-corrected chi connectivity index (χ3v) is 12.5. The van der Waals surface area contributed by atoms with E-state index < -0.39 is 0 Å². The summed E-state index contributed by atoms with van der Waals surface area (Å²) in [6, 6.07) is 34.3. The summed E-state index contributed by atoms with van der Waals surface area (Å²) in [5.74, 6) is -0.0686. The quantitative estimate of drug-likeness (QED) is 0.201. The van der Waals surface area contributed by atoms with Crippen molar-refractivity contribution in [3.63, 3.8) is 0 Å². The molecular weight excluding hydrogens is 757 g/mol. The minimum atomic E-state index is -0.0343. The van der Waals surface area contributed by atoms with Crippen molar-refractivity contribution < 1.29 is 9.59 Å². The predicted molar refractivity (Wildman–Crippen MR) is 258 cm³/mol. The maximum Gasteiger partial charge on any atom is 0.263 e. The van der Waals surface area contributed by atoms with E-state index in [9.17, 15) is 9.59 Å². The number of amides is 2. The summed E-state index contributed by atoms with van der Waals surface area (Å²) in [6.07, 6.45) is 16.2. The lowest BCUT2D eigenvalue weighted by Crippen LogP contribution is -2.21. The van der Waals surface area contributed by atoms with Crippen molar-refractivity contribution in [1.82, 2.24) is 9.80 Å². The van der Waals surface area contributed by atoms with Gasteiger partial charge in [-0.05, 0) is 102 Å². The topological polar surface area (TPSA) is 40.6 Å². The molecule has 0 spiro atoms. The van der Waals surface area contributed by atoms with E-state index >= 15 is 0 Å². The van der Waals surface area contributed by atoms with Crippen LogP contribution in [0.15, 0.2) is 168 Å². The maximum absolute atomic E-state index is 14.4. The van der Waals surface area contributed by atoms with Gasteiger partial charge in [-0.15, -0.1) is 0 Å². The zero-order valence-electron chi connectivity index (χ0n) is 38.6. The summed E-state index contributed by atoms with van der Waals surface area (Å²) in [5, 5.41) is 0. The standard InChI is InChI=1S/C58H60N2O2/c1-55(2,3)43-23-15-39(16-24-43)49-47-35-37(31-33-59(47)53(61)51(49)41-19-27-45(28-20-41)57(7,8)9)13-14-38-32-34-60-48(36-38)50(40-17-25-44(26-18-40)56(4,5)6)52(54(60)62)42-21-29-46(30-22-42)58(10,11)12/h13-36H,1-12H3. The molecule has 0 aromatic heterocycles. The van der Waals surface area contributed by atoms with Crippen molar-refractivity contribution in [2.75, 3.05) is 0 Å². The molecule has 0 saturated carbocycles. The fraction of sp³-hybridized carbons (Fsp3) is 0.276. The Hall–Kier alpha value is -6.26. The highest BCUT2D eigenvalue weighted by molar-refractivity contribution is 6.35. The van der Waals surface area contributed by atoms with Crippen LogP contribution >= 0.6 is 0 Å². The van der Waals surface area contributed by atoms with Crippen LogP contribution in [0.5, 0.6) is 0 Å². The summed E-state index contributed by atoms with van der Waals surface area (Å²) in [5.41, 5.74) is 15.7. The van der Waals surface area contributed by atoms with E-state index in [0.29, 0.717) is 11.1 Å². The van der Waals surface area contributed by atoms with Crippen LogP contribution in [0, 0.1) is 0 Å². The smallest absolute Gasteiger partial charge is 0.263 e. The SMILES string of the molecule is CC(C)(C)c1ccc(C2=C(c3ccc(C(C)(C)C)cc3)C3=CC(=CC=C4C=CN5C(=O)C(c6ccc(C(C)(C)C)cc6)=C(c6ccc(C(C)(C)C)cc6)C5=C4)C=CN3C2=O)cc1. The Morgan fingerprint density at radius 1 is 0.355 bits per heavy atom. The number of rotatable bonds is 5. The monoisotopic (exact) mass is 816 g/mol. The summed E-state index contributed by atoms with van der Waals surface area (Å²) in [4.78, 5) is 32.3. The fourth-order valence-corrected chi connectivity index (χ4v) is 8.55. The second kappa shape index (κ2) is 15.3. The van der Waals surface area contributed by atoms with Gasteiger partial charge >= 0.3 is 0 Å². The largest absolute Gasteiger partial charge is 0.283 e. The van der Waals surface area contributed by atoms with Crippen molar-refractivity contribution in [2.24, 2.45) is 0 Å². The van der Waals surface area contributed by atoms with E-state index in [0.717, 1.165) is 55.9 Å². The Labute approximate surface area is 369 Å². The second-order valence-corrected chi connectivity index (χ2v) is 21.2. The van der Waals surface area contributed by atoms with E-state index in [4.69, 9.17) is 0 Å². The first kappa shape index (κ1) is 42.4. The van der Waals surface area contributed by atoms with Gasteiger partial charge in [0, 0.05) is 23.5 Å². The lowest BCUT2D eigenvalue weighted by Gasteiger charge is -2.22. The zero-order chi connectivity index (χ0) is 44.5. The molecule has 0 N–H and O–H groups in total. The third kappa shape index (κ3) is 7.99. The van der Waals surface area contributed by atoms with Gasteiger partial charge < -0.3 is 0 Å². The molecule has 4 heteroatoms. The Balaban J connectivity index is 1.21. The van der Waals surface area contributed by atoms with E-state index in [1.165, 1.54) is 22.3 Å². The molecule has 0 unspecified atom stereocenters. The van der Waals surface area contributed by atoms with Gasteiger partial charge in [0.15, 0.2) is 0 Å². The summed E-state index contributed by atoms with van der Waals surface area (Å²) >= 11 is 0. The fourth-order valence-electron chi connectivity index (χ4n) is 8.55. The first-order chi connectivity index (χ1) is 29.1. The molecule has 0 radical (unpaired) electrons. The molecule has 4 aromatic carbocycles. The van der Waals surface area contributed by atoms with Gasteiger partial charge in [0.1, 0.15) is 0 Å². The van der Waals surface area contributed by atoms with Crippen molar-refractivity contribution >= 4 is 34.1 Å². The van der Waals surface area contributed by atoms with Gasteiger partial charge in [-0.1, -0.05) is 192 Å². The molecule has 0 aliphatic carbocycles. The molecule has 0 bridgehead atoms. The minimum Gasteiger partial charge on any atom is -0.283 e. The number of nitrogens with zero attached hydrogens (tertiary/aromatic N) is 2. The zero-order valence-corrected chi connectivity index (χ0v) is 38.6. The summed E-state index contributed by atoms with van der Waals surface area (Å²) < 4.78 is 0. The first-order valence-corrected chi connectivity index (χ1v) is 21.9.